The van der Waals surface area contributed by atoms with Gasteiger partial charge in [-0.3, -0.25) is 9.78 Å². The van der Waals surface area contributed by atoms with Crippen LogP contribution in [0.2, 0.25) is 0 Å². The number of amides is 1. The first kappa shape index (κ1) is 13.8. The number of hydrogen-bond donors (Lipinski definition) is 2. The van der Waals surface area contributed by atoms with Gasteiger partial charge in [0.15, 0.2) is 0 Å². The fourth-order valence-corrected chi connectivity index (χ4v) is 1.86. The molecule has 1 aromatic heterocycles. The highest BCUT2D eigenvalue weighted by Gasteiger charge is 2.22. The number of carbonyl (C=O) groups is 1. The number of ether oxygens (including phenoxy) is 1. The van der Waals surface area contributed by atoms with Crippen molar-refractivity contribution in [1.82, 2.24) is 15.6 Å². The van der Waals surface area contributed by atoms with E-state index >= 15 is 0 Å². The van der Waals surface area contributed by atoms with Crippen LogP contribution < -0.4 is 15.4 Å². The van der Waals surface area contributed by atoms with Crippen LogP contribution in [0.5, 0.6) is 5.75 Å². The molecule has 0 aromatic carbocycles. The first-order valence-corrected chi connectivity index (χ1v) is 6.69. The minimum atomic E-state index is 0.129. The third kappa shape index (κ3) is 4.87. The van der Waals surface area contributed by atoms with E-state index in [2.05, 4.69) is 15.6 Å². The molecule has 0 radical (unpaired) electrons. The third-order valence-corrected chi connectivity index (χ3v) is 2.99. The maximum atomic E-state index is 11.5. The number of pyridine rings is 1. The second kappa shape index (κ2) is 6.52. The van der Waals surface area contributed by atoms with Gasteiger partial charge in [0.1, 0.15) is 5.75 Å². The van der Waals surface area contributed by atoms with Gasteiger partial charge in [0, 0.05) is 43.4 Å². The normalized spacial score (nSPS) is 14.2. The molecular formula is C14H21N3O2. The number of rotatable bonds is 7. The van der Waals surface area contributed by atoms with Crippen LogP contribution in [-0.2, 0) is 11.3 Å². The highest BCUT2D eigenvalue weighted by Crippen LogP contribution is 2.18. The molecule has 2 N–H and O–H groups in total. The maximum absolute atomic E-state index is 11.5. The van der Waals surface area contributed by atoms with Gasteiger partial charge in [0.05, 0.1) is 12.8 Å². The molecule has 104 valence electrons. The maximum Gasteiger partial charge on any atom is 0.221 e. The molecule has 1 fully saturated rings. The summed E-state index contributed by atoms with van der Waals surface area (Å²) in [5, 5.41) is 6.19. The van der Waals surface area contributed by atoms with Crippen LogP contribution in [0.25, 0.3) is 0 Å². The molecule has 2 rings (SSSR count). The lowest BCUT2D eigenvalue weighted by atomic mass is 10.3. The first-order valence-electron chi connectivity index (χ1n) is 6.69. The number of nitrogens with one attached hydrogen (secondary N) is 2. The van der Waals surface area contributed by atoms with Crippen LogP contribution >= 0.6 is 0 Å². The zero-order chi connectivity index (χ0) is 13.7. The second-order valence-electron chi connectivity index (χ2n) is 4.91. The predicted molar refractivity (Wildman–Crippen MR) is 73.0 cm³/mol. The van der Waals surface area contributed by atoms with Crippen molar-refractivity contribution < 1.29 is 9.53 Å². The van der Waals surface area contributed by atoms with Crippen molar-refractivity contribution in [1.29, 1.82) is 0 Å². The smallest absolute Gasteiger partial charge is 0.221 e. The molecule has 1 amide bonds. The van der Waals surface area contributed by atoms with Crippen LogP contribution in [0.15, 0.2) is 12.1 Å². The molecule has 0 bridgehead atoms. The standard InChI is InChI=1S/C14H21N3O2/c1-10-7-13(19-2)8-12(16-10)9-15-6-5-14(18)17-11-3-4-11/h7-8,11,15H,3-6,9H2,1-2H3,(H,17,18). The fraction of sp³-hybridized carbons (Fsp3) is 0.571. The molecule has 1 aromatic rings. The average Bonchev–Trinajstić information content (AvgIpc) is 3.18. The van der Waals surface area contributed by atoms with E-state index in [4.69, 9.17) is 4.74 Å². The molecule has 19 heavy (non-hydrogen) atoms. The Kier molecular flexibility index (Phi) is 4.74. The quantitative estimate of drug-likeness (QED) is 0.725. The minimum absolute atomic E-state index is 0.129. The zero-order valence-electron chi connectivity index (χ0n) is 11.5. The lowest BCUT2D eigenvalue weighted by molar-refractivity contribution is -0.121. The van der Waals surface area contributed by atoms with Crippen LogP contribution in [-0.4, -0.2) is 30.6 Å². The first-order chi connectivity index (χ1) is 9.17. The number of aromatic nitrogens is 1. The molecular weight excluding hydrogens is 242 g/mol. The van der Waals surface area contributed by atoms with Crippen molar-refractivity contribution in [2.24, 2.45) is 0 Å². The van der Waals surface area contributed by atoms with Crippen LogP contribution in [0.3, 0.4) is 0 Å². The topological polar surface area (TPSA) is 63.2 Å². The summed E-state index contributed by atoms with van der Waals surface area (Å²) < 4.78 is 5.20. The van der Waals surface area contributed by atoms with Crippen molar-refractivity contribution in [3.05, 3.63) is 23.5 Å². The van der Waals surface area contributed by atoms with E-state index < -0.39 is 0 Å². The Morgan fingerprint density at radius 1 is 1.47 bits per heavy atom. The largest absolute Gasteiger partial charge is 0.497 e. The summed E-state index contributed by atoms with van der Waals surface area (Å²) in [4.78, 5) is 15.9. The Morgan fingerprint density at radius 2 is 2.26 bits per heavy atom. The van der Waals surface area contributed by atoms with E-state index in [1.165, 1.54) is 0 Å². The summed E-state index contributed by atoms with van der Waals surface area (Å²) in [5.74, 6) is 0.945. The number of aryl methyl sites for hydroxylation is 1. The van der Waals surface area contributed by atoms with Crippen molar-refractivity contribution in [2.45, 2.75) is 38.8 Å². The molecule has 5 nitrogen and oxygen atoms in total. The van der Waals surface area contributed by atoms with Gasteiger partial charge in [-0.05, 0) is 19.8 Å². The summed E-state index contributed by atoms with van der Waals surface area (Å²) in [6.45, 7) is 3.25. The molecule has 0 aliphatic heterocycles. The summed E-state index contributed by atoms with van der Waals surface area (Å²) in [5.41, 5.74) is 1.86. The summed E-state index contributed by atoms with van der Waals surface area (Å²) in [6.07, 6.45) is 2.78. The summed E-state index contributed by atoms with van der Waals surface area (Å²) in [6, 6.07) is 4.24. The van der Waals surface area contributed by atoms with Gasteiger partial charge in [0.25, 0.3) is 0 Å². The van der Waals surface area contributed by atoms with Gasteiger partial charge in [-0.2, -0.15) is 0 Å². The molecule has 1 heterocycles. The molecule has 5 heteroatoms. The molecule has 1 aliphatic rings. The Labute approximate surface area is 113 Å². The summed E-state index contributed by atoms with van der Waals surface area (Å²) >= 11 is 0. The van der Waals surface area contributed by atoms with E-state index in [9.17, 15) is 4.79 Å². The Hall–Kier alpha value is -1.62. The van der Waals surface area contributed by atoms with Gasteiger partial charge in [0.2, 0.25) is 5.91 Å². The number of carbonyl (C=O) groups excluding carboxylic acids is 1. The van der Waals surface area contributed by atoms with E-state index in [0.29, 0.717) is 25.6 Å². The van der Waals surface area contributed by atoms with Crippen molar-refractivity contribution in [3.8, 4) is 5.75 Å². The fourth-order valence-electron chi connectivity index (χ4n) is 1.86. The zero-order valence-corrected chi connectivity index (χ0v) is 11.5. The third-order valence-electron chi connectivity index (χ3n) is 2.99. The monoisotopic (exact) mass is 263 g/mol. The highest BCUT2D eigenvalue weighted by molar-refractivity contribution is 5.76. The van der Waals surface area contributed by atoms with Crippen LogP contribution in [0, 0.1) is 6.92 Å². The van der Waals surface area contributed by atoms with Crippen LogP contribution in [0.1, 0.15) is 30.7 Å². The Morgan fingerprint density at radius 3 is 2.95 bits per heavy atom. The van der Waals surface area contributed by atoms with E-state index in [-0.39, 0.29) is 5.91 Å². The lowest BCUT2D eigenvalue weighted by Gasteiger charge is -2.08. The molecule has 0 saturated heterocycles. The van der Waals surface area contributed by atoms with Crippen LogP contribution in [0.4, 0.5) is 0 Å². The van der Waals surface area contributed by atoms with Gasteiger partial charge in [-0.1, -0.05) is 0 Å². The molecule has 0 spiro atoms. The van der Waals surface area contributed by atoms with Gasteiger partial charge >= 0.3 is 0 Å². The van der Waals surface area contributed by atoms with Crippen molar-refractivity contribution in [3.63, 3.8) is 0 Å². The number of hydrogen-bond acceptors (Lipinski definition) is 4. The number of methoxy groups -OCH3 is 1. The van der Waals surface area contributed by atoms with Gasteiger partial charge in [-0.15, -0.1) is 0 Å². The SMILES string of the molecule is COc1cc(C)nc(CNCCC(=O)NC2CC2)c1. The van der Waals surface area contributed by atoms with Crippen molar-refractivity contribution >= 4 is 5.91 Å². The van der Waals surface area contributed by atoms with E-state index in [1.54, 1.807) is 7.11 Å². The summed E-state index contributed by atoms with van der Waals surface area (Å²) in [7, 11) is 1.65. The average molecular weight is 263 g/mol. The molecule has 1 aliphatic carbocycles. The minimum Gasteiger partial charge on any atom is -0.497 e. The predicted octanol–water partition coefficient (Wildman–Crippen LogP) is 1.16. The van der Waals surface area contributed by atoms with Gasteiger partial charge < -0.3 is 15.4 Å². The Balaban J connectivity index is 1.69. The number of nitrogens with zero attached hydrogens (tertiary/aromatic N) is 1. The van der Waals surface area contributed by atoms with E-state index in [0.717, 1.165) is 30.0 Å². The van der Waals surface area contributed by atoms with E-state index in [1.807, 2.05) is 19.1 Å². The lowest BCUT2D eigenvalue weighted by Crippen LogP contribution is -2.29. The van der Waals surface area contributed by atoms with Crippen molar-refractivity contribution in [2.75, 3.05) is 13.7 Å². The van der Waals surface area contributed by atoms with Gasteiger partial charge in [-0.25, -0.2) is 0 Å². The second-order valence-corrected chi connectivity index (χ2v) is 4.91. The Bertz CT molecular complexity index is 444. The highest BCUT2D eigenvalue weighted by atomic mass is 16.5. The molecule has 1 saturated carbocycles. The molecule has 0 atom stereocenters. The molecule has 0 unspecified atom stereocenters.